The quantitative estimate of drug-likeness (QED) is 0.904. The number of rotatable bonds is 2. The number of likely N-dealkylation sites (tertiary alicyclic amines) is 1. The van der Waals surface area contributed by atoms with Crippen LogP contribution in [0.2, 0.25) is 0 Å². The van der Waals surface area contributed by atoms with Crippen LogP contribution < -0.4 is 0 Å². The summed E-state index contributed by atoms with van der Waals surface area (Å²) >= 11 is 0. The first-order valence-corrected chi connectivity index (χ1v) is 6.56. The van der Waals surface area contributed by atoms with E-state index in [1.807, 2.05) is 19.1 Å². The zero-order valence-corrected chi connectivity index (χ0v) is 11.2. The first kappa shape index (κ1) is 12.7. The van der Waals surface area contributed by atoms with Gasteiger partial charge in [0.2, 0.25) is 0 Å². The number of hydrogen-bond acceptors (Lipinski definition) is 4. The predicted molar refractivity (Wildman–Crippen MR) is 71.2 cm³/mol. The number of aromatic nitrogens is 2. The van der Waals surface area contributed by atoms with Crippen LogP contribution in [0.15, 0.2) is 22.6 Å². The molecule has 6 heteroatoms. The summed E-state index contributed by atoms with van der Waals surface area (Å²) in [6.07, 6.45) is 0.862. The molecule has 1 aliphatic rings. The van der Waals surface area contributed by atoms with E-state index in [0.29, 0.717) is 43.1 Å². The Hall–Kier alpha value is -2.37. The molecule has 1 amide bonds. The third-order valence-corrected chi connectivity index (χ3v) is 3.41. The molecule has 20 heavy (non-hydrogen) atoms. The monoisotopic (exact) mass is 273 g/mol. The van der Waals surface area contributed by atoms with Gasteiger partial charge in [0.25, 0.3) is 5.91 Å². The third kappa shape index (κ3) is 2.36. The van der Waals surface area contributed by atoms with E-state index >= 15 is 0 Å². The van der Waals surface area contributed by atoms with E-state index in [2.05, 4.69) is 10.2 Å². The summed E-state index contributed by atoms with van der Waals surface area (Å²) < 4.78 is 5.48. The van der Waals surface area contributed by atoms with Gasteiger partial charge in [-0.05, 0) is 19.1 Å². The Morgan fingerprint density at radius 1 is 1.35 bits per heavy atom. The molecule has 104 valence electrons. The Bertz CT molecular complexity index is 646. The SMILES string of the molecule is Cc1ccc(-c2cc(C(=O)N3CCC(=O)CC3)n[nH]2)o1. The molecule has 0 saturated carbocycles. The van der Waals surface area contributed by atoms with E-state index in [-0.39, 0.29) is 11.7 Å². The second-order valence-electron chi connectivity index (χ2n) is 4.91. The van der Waals surface area contributed by atoms with Crippen molar-refractivity contribution in [2.45, 2.75) is 19.8 Å². The van der Waals surface area contributed by atoms with Crippen LogP contribution in [-0.2, 0) is 4.79 Å². The number of nitrogens with zero attached hydrogens (tertiary/aromatic N) is 2. The van der Waals surface area contributed by atoms with Crippen molar-refractivity contribution < 1.29 is 14.0 Å². The van der Waals surface area contributed by atoms with E-state index in [0.717, 1.165) is 5.76 Å². The highest BCUT2D eigenvalue weighted by atomic mass is 16.3. The van der Waals surface area contributed by atoms with Crippen LogP contribution in [0.4, 0.5) is 0 Å². The summed E-state index contributed by atoms with van der Waals surface area (Å²) in [6, 6.07) is 5.36. The van der Waals surface area contributed by atoms with Crippen molar-refractivity contribution in [3.8, 4) is 11.5 Å². The van der Waals surface area contributed by atoms with Crippen molar-refractivity contribution in [1.29, 1.82) is 0 Å². The molecule has 6 nitrogen and oxygen atoms in total. The smallest absolute Gasteiger partial charge is 0.274 e. The number of aromatic amines is 1. The van der Waals surface area contributed by atoms with E-state index in [4.69, 9.17) is 4.42 Å². The minimum Gasteiger partial charge on any atom is -0.460 e. The molecule has 0 unspecified atom stereocenters. The maximum absolute atomic E-state index is 12.3. The Morgan fingerprint density at radius 3 is 2.75 bits per heavy atom. The summed E-state index contributed by atoms with van der Waals surface area (Å²) in [5.41, 5.74) is 1.03. The fourth-order valence-corrected chi connectivity index (χ4v) is 2.26. The molecule has 1 N–H and O–H groups in total. The second-order valence-corrected chi connectivity index (χ2v) is 4.91. The van der Waals surface area contributed by atoms with Crippen molar-refractivity contribution in [1.82, 2.24) is 15.1 Å². The van der Waals surface area contributed by atoms with Gasteiger partial charge in [0.1, 0.15) is 17.2 Å². The minimum atomic E-state index is -0.150. The Morgan fingerprint density at radius 2 is 2.10 bits per heavy atom. The van der Waals surface area contributed by atoms with Crippen LogP contribution in [0.25, 0.3) is 11.5 Å². The number of ketones is 1. The topological polar surface area (TPSA) is 79.2 Å². The zero-order valence-electron chi connectivity index (χ0n) is 11.2. The number of carbonyl (C=O) groups excluding carboxylic acids is 2. The van der Waals surface area contributed by atoms with Crippen molar-refractivity contribution in [3.63, 3.8) is 0 Å². The molecular formula is C14H15N3O3. The molecule has 0 atom stereocenters. The largest absolute Gasteiger partial charge is 0.460 e. The average Bonchev–Trinajstić information content (AvgIpc) is 3.07. The van der Waals surface area contributed by atoms with Gasteiger partial charge in [0.05, 0.1) is 0 Å². The predicted octanol–water partition coefficient (Wildman–Crippen LogP) is 1.78. The fraction of sp³-hybridized carbons (Fsp3) is 0.357. The number of H-pyrrole nitrogens is 1. The van der Waals surface area contributed by atoms with Gasteiger partial charge in [0.15, 0.2) is 11.5 Å². The standard InChI is InChI=1S/C14H15N3O3/c1-9-2-3-13(20-9)11-8-12(16-15-11)14(19)17-6-4-10(18)5-7-17/h2-3,8H,4-7H2,1H3,(H,15,16). The molecule has 0 spiro atoms. The van der Waals surface area contributed by atoms with Gasteiger partial charge in [-0.15, -0.1) is 0 Å². The van der Waals surface area contributed by atoms with Gasteiger partial charge in [-0.1, -0.05) is 0 Å². The lowest BCUT2D eigenvalue weighted by Crippen LogP contribution is -2.38. The maximum atomic E-state index is 12.3. The van der Waals surface area contributed by atoms with Crippen LogP contribution in [0, 0.1) is 6.92 Å². The third-order valence-electron chi connectivity index (χ3n) is 3.41. The summed E-state index contributed by atoms with van der Waals surface area (Å²) in [4.78, 5) is 25.1. The summed E-state index contributed by atoms with van der Waals surface area (Å²) in [5, 5.41) is 6.84. The molecule has 2 aromatic heterocycles. The Balaban J connectivity index is 1.76. The number of hydrogen-bond donors (Lipinski definition) is 1. The van der Waals surface area contributed by atoms with Crippen molar-refractivity contribution >= 4 is 11.7 Å². The molecule has 0 aliphatic carbocycles. The lowest BCUT2D eigenvalue weighted by Gasteiger charge is -2.25. The summed E-state index contributed by atoms with van der Waals surface area (Å²) in [6.45, 7) is 2.80. The maximum Gasteiger partial charge on any atom is 0.274 e. The van der Waals surface area contributed by atoms with Gasteiger partial charge in [0, 0.05) is 32.0 Å². The molecule has 1 aliphatic heterocycles. The van der Waals surface area contributed by atoms with Gasteiger partial charge >= 0.3 is 0 Å². The molecule has 0 radical (unpaired) electrons. The molecule has 3 heterocycles. The lowest BCUT2D eigenvalue weighted by molar-refractivity contribution is -0.120. The van der Waals surface area contributed by atoms with E-state index in [9.17, 15) is 9.59 Å². The molecular weight excluding hydrogens is 258 g/mol. The van der Waals surface area contributed by atoms with E-state index < -0.39 is 0 Å². The molecule has 1 fully saturated rings. The van der Waals surface area contributed by atoms with Crippen molar-refractivity contribution in [3.05, 3.63) is 29.7 Å². The number of amides is 1. The fourth-order valence-electron chi connectivity index (χ4n) is 2.26. The molecule has 1 saturated heterocycles. The molecule has 0 bridgehead atoms. The first-order chi connectivity index (χ1) is 9.63. The Labute approximate surface area is 115 Å². The number of nitrogens with one attached hydrogen (secondary N) is 1. The van der Waals surface area contributed by atoms with Crippen molar-refractivity contribution in [2.24, 2.45) is 0 Å². The zero-order chi connectivity index (χ0) is 14.1. The molecule has 3 rings (SSSR count). The molecule has 2 aromatic rings. The average molecular weight is 273 g/mol. The van der Waals surface area contributed by atoms with Gasteiger partial charge in [-0.25, -0.2) is 0 Å². The number of piperidine rings is 1. The van der Waals surface area contributed by atoms with Gasteiger partial charge in [-0.2, -0.15) is 5.10 Å². The number of furan rings is 1. The van der Waals surface area contributed by atoms with Crippen LogP contribution in [0.3, 0.4) is 0 Å². The van der Waals surface area contributed by atoms with E-state index in [1.165, 1.54) is 0 Å². The minimum absolute atomic E-state index is 0.150. The van der Waals surface area contributed by atoms with Crippen LogP contribution in [0.5, 0.6) is 0 Å². The van der Waals surface area contributed by atoms with Crippen molar-refractivity contribution in [2.75, 3.05) is 13.1 Å². The second kappa shape index (κ2) is 4.96. The highest BCUT2D eigenvalue weighted by molar-refractivity contribution is 5.94. The van der Waals surface area contributed by atoms with Crippen LogP contribution in [-0.4, -0.2) is 39.9 Å². The van der Waals surface area contributed by atoms with Gasteiger partial charge in [-0.3, -0.25) is 14.7 Å². The van der Waals surface area contributed by atoms with E-state index in [1.54, 1.807) is 11.0 Å². The summed E-state index contributed by atoms with van der Waals surface area (Å²) in [7, 11) is 0. The lowest BCUT2D eigenvalue weighted by atomic mass is 10.1. The van der Waals surface area contributed by atoms with Gasteiger partial charge < -0.3 is 9.32 Å². The Kier molecular flexibility index (Phi) is 3.14. The number of aryl methyl sites for hydroxylation is 1. The highest BCUT2D eigenvalue weighted by Gasteiger charge is 2.24. The molecule has 0 aromatic carbocycles. The summed E-state index contributed by atoms with van der Waals surface area (Å²) in [5.74, 6) is 1.52. The normalized spacial score (nSPS) is 15.7. The highest BCUT2D eigenvalue weighted by Crippen LogP contribution is 2.21. The van der Waals surface area contributed by atoms with Crippen LogP contribution >= 0.6 is 0 Å². The number of Topliss-reactive ketones (excluding diaryl/α,β-unsaturated/α-hetero) is 1. The number of carbonyl (C=O) groups is 2. The van der Waals surface area contributed by atoms with Crippen LogP contribution in [0.1, 0.15) is 29.1 Å². The first-order valence-electron chi connectivity index (χ1n) is 6.56.